The van der Waals surface area contributed by atoms with E-state index in [0.29, 0.717) is 0 Å². The van der Waals surface area contributed by atoms with Gasteiger partial charge in [-0.25, -0.2) is 0 Å². The van der Waals surface area contributed by atoms with Crippen LogP contribution in [0.1, 0.15) is 5.56 Å². The summed E-state index contributed by atoms with van der Waals surface area (Å²) in [5.74, 6) is 0. The third-order valence-electron chi connectivity index (χ3n) is 1.91. The molecule has 2 rings (SSSR count). The number of benzene rings is 2. The monoisotopic (exact) mass is 216 g/mol. The Morgan fingerprint density at radius 1 is 0.923 bits per heavy atom. The summed E-state index contributed by atoms with van der Waals surface area (Å²) >= 11 is 0. The Morgan fingerprint density at radius 3 is 2.38 bits per heavy atom. The molecule has 0 saturated carbocycles. The second-order valence-electron chi connectivity index (χ2n) is 2.64. The number of hydrogen-bond acceptors (Lipinski definition) is 1. The fourth-order valence-electron chi connectivity index (χ4n) is 1.32. The summed E-state index contributed by atoms with van der Waals surface area (Å²) in [5, 5.41) is 10.9. The Labute approximate surface area is 87.5 Å². The summed E-state index contributed by atoms with van der Waals surface area (Å²) in [6, 6.07) is 15.8. The van der Waals surface area contributed by atoms with E-state index >= 15 is 0 Å². The number of rotatable bonds is 0. The molecule has 0 amide bonds. The third kappa shape index (κ3) is 1.72. The van der Waals surface area contributed by atoms with Crippen molar-refractivity contribution < 1.29 is 17.1 Å². The van der Waals surface area contributed by atoms with Crippen LogP contribution in [0.25, 0.3) is 10.8 Å². The fourth-order valence-corrected chi connectivity index (χ4v) is 1.32. The van der Waals surface area contributed by atoms with E-state index in [1.165, 1.54) is 0 Å². The molecule has 13 heavy (non-hydrogen) atoms. The van der Waals surface area contributed by atoms with Gasteiger partial charge in [0.05, 0.1) is 11.6 Å². The number of nitrogens with zero attached hydrogens (tertiary/aromatic N) is 1. The Hall–Kier alpha value is -1.29. The van der Waals surface area contributed by atoms with Crippen LogP contribution in [0.4, 0.5) is 0 Å². The van der Waals surface area contributed by atoms with Gasteiger partial charge >= 0.3 is 0 Å². The maximum absolute atomic E-state index is 8.79. The van der Waals surface area contributed by atoms with E-state index in [0.717, 1.165) is 16.3 Å². The van der Waals surface area contributed by atoms with Crippen molar-refractivity contribution in [2.45, 2.75) is 0 Å². The van der Waals surface area contributed by atoms with Crippen LogP contribution in [-0.4, -0.2) is 0 Å². The Balaban J connectivity index is 0.000000845. The van der Waals surface area contributed by atoms with Gasteiger partial charge in [-0.3, -0.25) is 0 Å². The zero-order valence-corrected chi connectivity index (χ0v) is 7.73. The molecule has 0 bridgehead atoms. The molecule has 0 fully saturated rings. The van der Waals surface area contributed by atoms with Gasteiger partial charge in [0.15, 0.2) is 0 Å². The van der Waals surface area contributed by atoms with Crippen molar-refractivity contribution in [1.29, 1.82) is 5.26 Å². The minimum atomic E-state index is 0. The molecule has 0 unspecified atom stereocenters. The van der Waals surface area contributed by atoms with Crippen LogP contribution < -0.4 is 0 Å². The summed E-state index contributed by atoms with van der Waals surface area (Å²) in [7, 11) is 0. The summed E-state index contributed by atoms with van der Waals surface area (Å²) in [5.41, 5.74) is 0.744. The molecule has 0 aromatic heterocycles. The molecule has 1 nitrogen and oxygen atoms in total. The molecule has 0 aliphatic heterocycles. The van der Waals surface area contributed by atoms with Crippen LogP contribution in [0.3, 0.4) is 0 Å². The van der Waals surface area contributed by atoms with Crippen molar-refractivity contribution in [3.63, 3.8) is 0 Å². The molecular weight excluding hydrogens is 210 g/mol. The van der Waals surface area contributed by atoms with Gasteiger partial charge in [-0.15, -0.1) is 0 Å². The smallest absolute Gasteiger partial charge is 0.0998 e. The molecule has 0 spiro atoms. The standard InChI is InChI=1S/C11H7N.Cu/c12-8-10-6-3-5-9-4-1-2-7-11(9)10;/h1-7H;. The predicted octanol–water partition coefficient (Wildman–Crippen LogP) is 2.71. The van der Waals surface area contributed by atoms with Crippen molar-refractivity contribution in [2.24, 2.45) is 0 Å². The largest absolute Gasteiger partial charge is 0.192 e. The minimum absolute atomic E-state index is 0. The molecule has 0 aliphatic rings. The minimum Gasteiger partial charge on any atom is -0.192 e. The van der Waals surface area contributed by atoms with Crippen molar-refractivity contribution in [3.05, 3.63) is 48.0 Å². The Bertz CT molecular complexity index is 452. The van der Waals surface area contributed by atoms with E-state index in [1.807, 2.05) is 42.5 Å². The zero-order valence-electron chi connectivity index (χ0n) is 6.79. The van der Waals surface area contributed by atoms with Crippen molar-refractivity contribution >= 4 is 10.8 Å². The molecule has 0 atom stereocenters. The van der Waals surface area contributed by atoms with Crippen molar-refractivity contribution in [2.75, 3.05) is 0 Å². The maximum Gasteiger partial charge on any atom is 0.0998 e. The molecule has 0 heterocycles. The van der Waals surface area contributed by atoms with E-state index in [1.54, 1.807) is 0 Å². The summed E-state index contributed by atoms with van der Waals surface area (Å²) in [6.45, 7) is 0. The summed E-state index contributed by atoms with van der Waals surface area (Å²) < 4.78 is 0. The summed E-state index contributed by atoms with van der Waals surface area (Å²) in [4.78, 5) is 0. The fraction of sp³-hybridized carbons (Fsp3) is 0. The normalized spacial score (nSPS) is 8.85. The third-order valence-corrected chi connectivity index (χ3v) is 1.91. The second kappa shape index (κ2) is 4.09. The number of fused-ring (bicyclic) bond motifs is 1. The molecule has 2 aromatic rings. The first-order chi connectivity index (χ1) is 5.92. The Morgan fingerprint density at radius 2 is 1.62 bits per heavy atom. The molecule has 0 saturated heterocycles. The molecular formula is C11H7CuN. The van der Waals surface area contributed by atoms with E-state index in [9.17, 15) is 0 Å². The van der Waals surface area contributed by atoms with Gasteiger partial charge in [0, 0.05) is 17.1 Å². The SMILES string of the molecule is N#Cc1cccc2ccccc12.[Cu]. The average Bonchev–Trinajstić information content (AvgIpc) is 2.17. The summed E-state index contributed by atoms with van der Waals surface area (Å²) in [6.07, 6.45) is 0. The van der Waals surface area contributed by atoms with Gasteiger partial charge in [-0.1, -0.05) is 36.4 Å². The molecule has 1 radical (unpaired) electrons. The van der Waals surface area contributed by atoms with E-state index in [4.69, 9.17) is 5.26 Å². The maximum atomic E-state index is 8.79. The topological polar surface area (TPSA) is 23.8 Å². The van der Waals surface area contributed by atoms with E-state index in [-0.39, 0.29) is 17.1 Å². The average molecular weight is 217 g/mol. The van der Waals surface area contributed by atoms with Crippen LogP contribution in [0.15, 0.2) is 42.5 Å². The van der Waals surface area contributed by atoms with E-state index < -0.39 is 0 Å². The predicted molar refractivity (Wildman–Crippen MR) is 48.7 cm³/mol. The second-order valence-corrected chi connectivity index (χ2v) is 2.64. The van der Waals surface area contributed by atoms with Crippen LogP contribution in [-0.2, 0) is 17.1 Å². The number of nitriles is 1. The van der Waals surface area contributed by atoms with Gasteiger partial charge in [0.1, 0.15) is 0 Å². The van der Waals surface area contributed by atoms with E-state index in [2.05, 4.69) is 6.07 Å². The van der Waals surface area contributed by atoms with Gasteiger partial charge in [0.25, 0.3) is 0 Å². The van der Waals surface area contributed by atoms with Crippen LogP contribution in [0, 0.1) is 11.3 Å². The van der Waals surface area contributed by atoms with Gasteiger partial charge < -0.3 is 0 Å². The zero-order chi connectivity index (χ0) is 8.39. The van der Waals surface area contributed by atoms with Crippen molar-refractivity contribution in [3.8, 4) is 6.07 Å². The van der Waals surface area contributed by atoms with Crippen LogP contribution >= 0.6 is 0 Å². The van der Waals surface area contributed by atoms with Crippen molar-refractivity contribution in [1.82, 2.24) is 0 Å². The van der Waals surface area contributed by atoms with Gasteiger partial charge in [0.2, 0.25) is 0 Å². The Kier molecular flexibility index (Phi) is 3.08. The van der Waals surface area contributed by atoms with Gasteiger partial charge in [-0.05, 0) is 16.8 Å². The quantitative estimate of drug-likeness (QED) is 0.622. The first kappa shape index (κ1) is 9.79. The first-order valence-corrected chi connectivity index (χ1v) is 3.79. The van der Waals surface area contributed by atoms with Crippen LogP contribution in [0.2, 0.25) is 0 Å². The molecule has 0 aliphatic carbocycles. The molecule has 67 valence electrons. The first-order valence-electron chi connectivity index (χ1n) is 3.79. The molecule has 2 heteroatoms. The number of hydrogen-bond donors (Lipinski definition) is 0. The molecule has 0 N–H and O–H groups in total. The van der Waals surface area contributed by atoms with Gasteiger partial charge in [-0.2, -0.15) is 5.26 Å². The van der Waals surface area contributed by atoms with Crippen LogP contribution in [0.5, 0.6) is 0 Å². The molecule has 2 aromatic carbocycles.